The Morgan fingerprint density at radius 2 is 1.77 bits per heavy atom. The Morgan fingerprint density at radius 3 is 2.50 bits per heavy atom. The predicted octanol–water partition coefficient (Wildman–Crippen LogP) is 3.14. The Labute approximate surface area is 133 Å². The number of amides is 1. The lowest BCUT2D eigenvalue weighted by Crippen LogP contribution is -2.46. The average molecular weight is 301 g/mol. The lowest BCUT2D eigenvalue weighted by Gasteiger charge is -2.34. The summed E-state index contributed by atoms with van der Waals surface area (Å²) in [5.74, 6) is 0.399. The molecule has 2 heterocycles. The van der Waals surface area contributed by atoms with Gasteiger partial charge < -0.3 is 10.2 Å². The quantitative estimate of drug-likeness (QED) is 0.872. The number of pyridine rings is 1. The maximum atomic E-state index is 12.6. The van der Waals surface area contributed by atoms with E-state index in [4.69, 9.17) is 0 Å². The van der Waals surface area contributed by atoms with Crippen molar-refractivity contribution in [2.75, 3.05) is 18.0 Å². The first-order chi connectivity index (χ1) is 10.8. The fraction of sp³-hybridized carbons (Fsp3) is 0.667. The molecular formula is C18H27N3O. The van der Waals surface area contributed by atoms with Crippen molar-refractivity contribution in [1.29, 1.82) is 0 Å². The summed E-state index contributed by atoms with van der Waals surface area (Å²) in [6.45, 7) is 1.87. The second-order valence-electron chi connectivity index (χ2n) is 6.69. The summed E-state index contributed by atoms with van der Waals surface area (Å²) in [6, 6.07) is 4.48. The Kier molecular flexibility index (Phi) is 5.30. The molecule has 1 aromatic heterocycles. The van der Waals surface area contributed by atoms with Gasteiger partial charge in [-0.1, -0.05) is 25.7 Å². The number of aromatic nitrogens is 1. The zero-order valence-corrected chi connectivity index (χ0v) is 13.3. The second kappa shape index (κ2) is 7.61. The molecule has 0 unspecified atom stereocenters. The van der Waals surface area contributed by atoms with Gasteiger partial charge >= 0.3 is 0 Å². The van der Waals surface area contributed by atoms with Crippen LogP contribution in [0.5, 0.6) is 0 Å². The minimum absolute atomic E-state index is 0.130. The minimum atomic E-state index is 0.130. The van der Waals surface area contributed by atoms with Crippen molar-refractivity contribution in [3.05, 3.63) is 24.5 Å². The number of nitrogens with one attached hydrogen (secondary N) is 1. The van der Waals surface area contributed by atoms with Crippen LogP contribution in [0.3, 0.4) is 0 Å². The molecule has 2 fully saturated rings. The summed E-state index contributed by atoms with van der Waals surface area (Å²) < 4.78 is 0. The van der Waals surface area contributed by atoms with Gasteiger partial charge in [0.1, 0.15) is 0 Å². The molecule has 1 aromatic rings. The van der Waals surface area contributed by atoms with E-state index >= 15 is 0 Å². The molecule has 1 aliphatic heterocycles. The van der Waals surface area contributed by atoms with E-state index in [9.17, 15) is 4.79 Å². The maximum Gasteiger partial charge on any atom is 0.225 e. The van der Waals surface area contributed by atoms with E-state index in [0.29, 0.717) is 6.04 Å². The zero-order valence-electron chi connectivity index (χ0n) is 13.3. The number of anilines is 1. The van der Waals surface area contributed by atoms with Gasteiger partial charge in [-0.05, 0) is 37.8 Å². The molecule has 1 saturated heterocycles. The third-order valence-corrected chi connectivity index (χ3v) is 5.02. The van der Waals surface area contributed by atoms with Crippen LogP contribution >= 0.6 is 0 Å². The fourth-order valence-corrected chi connectivity index (χ4v) is 3.72. The third kappa shape index (κ3) is 3.99. The maximum absolute atomic E-state index is 12.6. The Bertz CT molecular complexity index is 468. The largest absolute Gasteiger partial charge is 0.371 e. The normalized spacial score (nSPS) is 23.8. The summed E-state index contributed by atoms with van der Waals surface area (Å²) in [4.78, 5) is 19.0. The van der Waals surface area contributed by atoms with Crippen LogP contribution in [0.4, 0.5) is 5.69 Å². The molecule has 22 heavy (non-hydrogen) atoms. The summed E-state index contributed by atoms with van der Waals surface area (Å²) >= 11 is 0. The monoisotopic (exact) mass is 301 g/mol. The first kappa shape index (κ1) is 15.3. The molecule has 0 aromatic carbocycles. The lowest BCUT2D eigenvalue weighted by atomic mass is 9.96. The van der Waals surface area contributed by atoms with Gasteiger partial charge in [0, 0.05) is 37.2 Å². The van der Waals surface area contributed by atoms with E-state index in [1.54, 1.807) is 0 Å². The second-order valence-corrected chi connectivity index (χ2v) is 6.69. The highest BCUT2D eigenvalue weighted by molar-refractivity contribution is 5.80. The van der Waals surface area contributed by atoms with Crippen molar-refractivity contribution in [2.24, 2.45) is 5.92 Å². The van der Waals surface area contributed by atoms with Crippen molar-refractivity contribution in [1.82, 2.24) is 10.3 Å². The zero-order chi connectivity index (χ0) is 15.2. The van der Waals surface area contributed by atoms with Crippen LogP contribution in [-0.4, -0.2) is 30.0 Å². The van der Waals surface area contributed by atoms with Crippen molar-refractivity contribution >= 4 is 11.6 Å². The molecule has 2 aliphatic rings. The van der Waals surface area contributed by atoms with Gasteiger partial charge in [0.2, 0.25) is 5.91 Å². The first-order valence-electron chi connectivity index (χ1n) is 8.78. The average Bonchev–Trinajstić information content (AvgIpc) is 2.84. The Hall–Kier alpha value is -1.58. The Morgan fingerprint density at radius 1 is 1.05 bits per heavy atom. The number of nitrogens with zero attached hydrogens (tertiary/aromatic N) is 2. The van der Waals surface area contributed by atoms with E-state index in [1.807, 2.05) is 24.5 Å². The molecule has 1 aliphatic carbocycles. The standard InChI is InChI=1S/C18H27N3O/c22-18(20-16-7-3-1-2-4-8-16)15-6-5-13-21(14-15)17-9-11-19-12-10-17/h9-12,15-16H,1-8,13-14H2,(H,20,22)/t15-/m1/s1. The molecule has 3 rings (SSSR count). The number of carbonyl (C=O) groups is 1. The van der Waals surface area contributed by atoms with Gasteiger partial charge in [-0.3, -0.25) is 9.78 Å². The van der Waals surface area contributed by atoms with Crippen LogP contribution in [0.1, 0.15) is 51.4 Å². The first-order valence-corrected chi connectivity index (χ1v) is 8.78. The van der Waals surface area contributed by atoms with Crippen LogP contribution in [-0.2, 0) is 4.79 Å². The topological polar surface area (TPSA) is 45.2 Å². The molecule has 0 bridgehead atoms. The molecule has 120 valence electrons. The molecule has 1 amide bonds. The molecule has 1 atom stereocenters. The summed E-state index contributed by atoms with van der Waals surface area (Å²) in [5.41, 5.74) is 1.18. The van der Waals surface area contributed by atoms with Gasteiger partial charge in [0.05, 0.1) is 5.92 Å². The predicted molar refractivity (Wildman–Crippen MR) is 88.8 cm³/mol. The fourth-order valence-electron chi connectivity index (χ4n) is 3.72. The van der Waals surface area contributed by atoms with Gasteiger partial charge in [0.25, 0.3) is 0 Å². The molecule has 1 saturated carbocycles. The summed E-state index contributed by atoms with van der Waals surface area (Å²) in [6.07, 6.45) is 13.2. The van der Waals surface area contributed by atoms with Gasteiger partial charge in [0.15, 0.2) is 0 Å². The number of carbonyl (C=O) groups excluding carboxylic acids is 1. The van der Waals surface area contributed by atoms with Gasteiger partial charge in [-0.2, -0.15) is 0 Å². The van der Waals surface area contributed by atoms with E-state index in [1.165, 1.54) is 31.4 Å². The molecule has 1 N–H and O–H groups in total. The molecular weight excluding hydrogens is 274 g/mol. The van der Waals surface area contributed by atoms with Gasteiger partial charge in [-0.15, -0.1) is 0 Å². The smallest absolute Gasteiger partial charge is 0.225 e. The van der Waals surface area contributed by atoms with Crippen molar-refractivity contribution in [3.8, 4) is 0 Å². The van der Waals surface area contributed by atoms with Crippen LogP contribution in [0, 0.1) is 5.92 Å². The highest BCUT2D eigenvalue weighted by Crippen LogP contribution is 2.24. The molecule has 4 heteroatoms. The van der Waals surface area contributed by atoms with Crippen LogP contribution in [0.15, 0.2) is 24.5 Å². The highest BCUT2D eigenvalue weighted by Gasteiger charge is 2.27. The minimum Gasteiger partial charge on any atom is -0.371 e. The number of hydrogen-bond acceptors (Lipinski definition) is 3. The van der Waals surface area contributed by atoms with E-state index in [-0.39, 0.29) is 11.8 Å². The lowest BCUT2D eigenvalue weighted by molar-refractivity contribution is -0.126. The number of hydrogen-bond donors (Lipinski definition) is 1. The molecule has 0 spiro atoms. The van der Waals surface area contributed by atoms with E-state index in [0.717, 1.165) is 38.8 Å². The van der Waals surface area contributed by atoms with E-state index < -0.39 is 0 Å². The van der Waals surface area contributed by atoms with Crippen LogP contribution in [0.2, 0.25) is 0 Å². The number of piperidine rings is 1. The number of rotatable bonds is 3. The van der Waals surface area contributed by atoms with Crippen molar-refractivity contribution in [2.45, 2.75) is 57.4 Å². The van der Waals surface area contributed by atoms with Crippen LogP contribution in [0.25, 0.3) is 0 Å². The highest BCUT2D eigenvalue weighted by atomic mass is 16.2. The third-order valence-electron chi connectivity index (χ3n) is 5.02. The van der Waals surface area contributed by atoms with Crippen LogP contribution < -0.4 is 10.2 Å². The molecule has 4 nitrogen and oxygen atoms in total. The SMILES string of the molecule is O=C(NC1CCCCCC1)[C@@H]1CCCN(c2ccncc2)C1. The van der Waals surface area contributed by atoms with Crippen molar-refractivity contribution < 1.29 is 4.79 Å². The Balaban J connectivity index is 1.55. The molecule has 0 radical (unpaired) electrons. The summed E-state index contributed by atoms with van der Waals surface area (Å²) in [7, 11) is 0. The van der Waals surface area contributed by atoms with Gasteiger partial charge in [-0.25, -0.2) is 0 Å². The van der Waals surface area contributed by atoms with E-state index in [2.05, 4.69) is 15.2 Å². The van der Waals surface area contributed by atoms with Crippen molar-refractivity contribution in [3.63, 3.8) is 0 Å². The summed E-state index contributed by atoms with van der Waals surface area (Å²) in [5, 5.41) is 3.32.